The summed E-state index contributed by atoms with van der Waals surface area (Å²) >= 11 is 1.75. The molecule has 98 valence electrons. The van der Waals surface area contributed by atoms with Crippen molar-refractivity contribution in [3.63, 3.8) is 0 Å². The van der Waals surface area contributed by atoms with E-state index in [9.17, 15) is 0 Å². The summed E-state index contributed by atoms with van der Waals surface area (Å²) in [5, 5.41) is 4.25. The molecule has 1 heterocycles. The third-order valence-electron chi connectivity index (χ3n) is 2.31. The van der Waals surface area contributed by atoms with Gasteiger partial charge in [0, 0.05) is 37.8 Å². The third-order valence-corrected chi connectivity index (χ3v) is 3.37. The predicted octanol–water partition coefficient (Wildman–Crippen LogP) is 1.97. The van der Waals surface area contributed by atoms with Crippen LogP contribution in [0.2, 0.25) is 0 Å². The molecule has 4 nitrogen and oxygen atoms in total. The molecule has 0 aliphatic rings. The summed E-state index contributed by atoms with van der Waals surface area (Å²) in [5.41, 5.74) is 0. The highest BCUT2D eigenvalue weighted by Crippen LogP contribution is 2.23. The molecular weight excluding hydrogens is 234 g/mol. The lowest BCUT2D eigenvalue weighted by molar-refractivity contribution is 0.204. The molecule has 1 aromatic rings. The first kappa shape index (κ1) is 14.4. The van der Waals surface area contributed by atoms with Gasteiger partial charge in [-0.15, -0.1) is 11.3 Å². The highest BCUT2D eigenvalue weighted by Gasteiger charge is 2.12. The van der Waals surface area contributed by atoms with E-state index in [4.69, 9.17) is 4.74 Å². The zero-order chi connectivity index (χ0) is 12.7. The first-order chi connectivity index (χ1) is 8.17. The second-order valence-corrected chi connectivity index (χ2v) is 5.57. The van der Waals surface area contributed by atoms with E-state index in [0.29, 0.717) is 5.92 Å². The van der Waals surface area contributed by atoms with Gasteiger partial charge in [0.15, 0.2) is 5.13 Å². The monoisotopic (exact) mass is 257 g/mol. The van der Waals surface area contributed by atoms with Gasteiger partial charge in [-0.25, -0.2) is 4.98 Å². The molecule has 1 aromatic heterocycles. The molecule has 0 aliphatic heterocycles. The van der Waals surface area contributed by atoms with Crippen molar-refractivity contribution in [1.29, 1.82) is 0 Å². The molecule has 0 saturated heterocycles. The minimum absolute atomic E-state index is 0.628. The number of aromatic nitrogens is 1. The minimum Gasteiger partial charge on any atom is -0.383 e. The molecule has 0 atom stereocenters. The van der Waals surface area contributed by atoms with Crippen molar-refractivity contribution in [2.75, 3.05) is 38.8 Å². The Hall–Kier alpha value is -0.650. The van der Waals surface area contributed by atoms with Crippen LogP contribution in [0.25, 0.3) is 0 Å². The van der Waals surface area contributed by atoms with Crippen LogP contribution in [-0.2, 0) is 11.3 Å². The number of hydrogen-bond acceptors (Lipinski definition) is 5. The Morgan fingerprint density at radius 3 is 2.88 bits per heavy atom. The maximum absolute atomic E-state index is 5.15. The first-order valence-electron chi connectivity index (χ1n) is 6.00. The van der Waals surface area contributed by atoms with Crippen LogP contribution in [0.1, 0.15) is 18.7 Å². The van der Waals surface area contributed by atoms with E-state index in [1.165, 1.54) is 4.88 Å². The smallest absolute Gasteiger partial charge is 0.185 e. The normalized spacial score (nSPS) is 11.1. The van der Waals surface area contributed by atoms with Gasteiger partial charge >= 0.3 is 0 Å². The zero-order valence-corrected chi connectivity index (χ0v) is 12.0. The SMILES string of the molecule is CNCc1cnc(N(CCOC)CC(C)C)s1. The summed E-state index contributed by atoms with van der Waals surface area (Å²) in [6, 6.07) is 0. The lowest BCUT2D eigenvalue weighted by Gasteiger charge is -2.23. The fourth-order valence-electron chi connectivity index (χ4n) is 1.61. The van der Waals surface area contributed by atoms with Gasteiger partial charge in [-0.1, -0.05) is 13.8 Å². The molecule has 17 heavy (non-hydrogen) atoms. The first-order valence-corrected chi connectivity index (χ1v) is 6.82. The Morgan fingerprint density at radius 1 is 1.53 bits per heavy atom. The lowest BCUT2D eigenvalue weighted by Crippen LogP contribution is -2.30. The van der Waals surface area contributed by atoms with Crippen LogP contribution >= 0.6 is 11.3 Å². The second kappa shape index (κ2) is 7.63. The molecule has 1 rings (SSSR count). The van der Waals surface area contributed by atoms with E-state index in [0.717, 1.165) is 31.4 Å². The topological polar surface area (TPSA) is 37.4 Å². The van der Waals surface area contributed by atoms with E-state index in [1.54, 1.807) is 18.4 Å². The number of hydrogen-bond donors (Lipinski definition) is 1. The number of nitrogens with one attached hydrogen (secondary N) is 1. The summed E-state index contributed by atoms with van der Waals surface area (Å²) in [6.07, 6.45) is 1.95. The molecule has 0 bridgehead atoms. The fraction of sp³-hybridized carbons (Fsp3) is 0.750. The molecule has 0 aromatic carbocycles. The molecule has 0 amide bonds. The number of ether oxygens (including phenoxy) is 1. The van der Waals surface area contributed by atoms with Crippen molar-refractivity contribution in [2.24, 2.45) is 5.92 Å². The molecule has 1 N–H and O–H groups in total. The van der Waals surface area contributed by atoms with Crippen molar-refractivity contribution >= 4 is 16.5 Å². The molecule has 0 spiro atoms. The second-order valence-electron chi connectivity index (χ2n) is 4.47. The van der Waals surface area contributed by atoms with Crippen molar-refractivity contribution < 1.29 is 4.74 Å². The van der Waals surface area contributed by atoms with Gasteiger partial charge in [-0.2, -0.15) is 0 Å². The van der Waals surface area contributed by atoms with Crippen molar-refractivity contribution in [3.8, 4) is 0 Å². The number of rotatable bonds is 8. The number of anilines is 1. The highest BCUT2D eigenvalue weighted by molar-refractivity contribution is 7.15. The van der Waals surface area contributed by atoms with E-state index < -0.39 is 0 Å². The maximum atomic E-state index is 5.15. The van der Waals surface area contributed by atoms with Gasteiger partial charge in [0.2, 0.25) is 0 Å². The third kappa shape index (κ3) is 5.02. The van der Waals surface area contributed by atoms with Gasteiger partial charge in [0.25, 0.3) is 0 Å². The summed E-state index contributed by atoms with van der Waals surface area (Å²) in [4.78, 5) is 8.07. The van der Waals surface area contributed by atoms with Gasteiger partial charge < -0.3 is 15.0 Å². The average Bonchev–Trinajstić information content (AvgIpc) is 2.73. The highest BCUT2D eigenvalue weighted by atomic mass is 32.1. The lowest BCUT2D eigenvalue weighted by atomic mass is 10.2. The number of thiazole rings is 1. The van der Waals surface area contributed by atoms with Crippen LogP contribution in [0.15, 0.2) is 6.20 Å². The predicted molar refractivity (Wildman–Crippen MR) is 73.8 cm³/mol. The summed E-state index contributed by atoms with van der Waals surface area (Å²) in [5.74, 6) is 0.628. The van der Waals surface area contributed by atoms with Gasteiger partial charge in [0.05, 0.1) is 6.61 Å². The summed E-state index contributed by atoms with van der Waals surface area (Å²) in [7, 11) is 3.69. The van der Waals surface area contributed by atoms with E-state index in [-0.39, 0.29) is 0 Å². The maximum Gasteiger partial charge on any atom is 0.185 e. The Balaban J connectivity index is 2.65. The van der Waals surface area contributed by atoms with E-state index in [1.807, 2.05) is 13.2 Å². The Labute approximate surface area is 108 Å². The Bertz CT molecular complexity index is 314. The van der Waals surface area contributed by atoms with E-state index in [2.05, 4.69) is 29.0 Å². The van der Waals surface area contributed by atoms with Gasteiger partial charge in [-0.05, 0) is 13.0 Å². The van der Waals surface area contributed by atoms with Crippen LogP contribution in [0.5, 0.6) is 0 Å². The molecule has 5 heteroatoms. The standard InChI is InChI=1S/C12H23N3OS/c1-10(2)9-15(5-6-16-4)12-14-8-11(17-12)7-13-3/h8,10,13H,5-7,9H2,1-4H3. The van der Waals surface area contributed by atoms with Crippen molar-refractivity contribution in [2.45, 2.75) is 20.4 Å². The van der Waals surface area contributed by atoms with Crippen LogP contribution in [-0.4, -0.2) is 38.8 Å². The number of methoxy groups -OCH3 is 1. The fourth-order valence-corrected chi connectivity index (χ4v) is 2.56. The van der Waals surface area contributed by atoms with Crippen molar-refractivity contribution in [1.82, 2.24) is 10.3 Å². The molecule has 0 unspecified atom stereocenters. The summed E-state index contributed by atoms with van der Waals surface area (Å²) in [6.45, 7) is 8.01. The Kier molecular flexibility index (Phi) is 6.47. The summed E-state index contributed by atoms with van der Waals surface area (Å²) < 4.78 is 5.15. The number of nitrogens with zero attached hydrogens (tertiary/aromatic N) is 2. The Morgan fingerprint density at radius 2 is 2.29 bits per heavy atom. The van der Waals surface area contributed by atoms with Gasteiger partial charge in [-0.3, -0.25) is 0 Å². The van der Waals surface area contributed by atoms with Crippen LogP contribution in [0.4, 0.5) is 5.13 Å². The van der Waals surface area contributed by atoms with Crippen LogP contribution < -0.4 is 10.2 Å². The molecular formula is C12H23N3OS. The molecule has 0 radical (unpaired) electrons. The molecule has 0 fully saturated rings. The van der Waals surface area contributed by atoms with Crippen molar-refractivity contribution in [3.05, 3.63) is 11.1 Å². The van der Waals surface area contributed by atoms with Crippen LogP contribution in [0.3, 0.4) is 0 Å². The largest absolute Gasteiger partial charge is 0.383 e. The quantitative estimate of drug-likeness (QED) is 0.772. The molecule has 0 aliphatic carbocycles. The average molecular weight is 257 g/mol. The molecule has 0 saturated carbocycles. The zero-order valence-electron chi connectivity index (χ0n) is 11.2. The van der Waals surface area contributed by atoms with Crippen LogP contribution in [0, 0.1) is 5.92 Å². The van der Waals surface area contributed by atoms with Gasteiger partial charge in [0.1, 0.15) is 0 Å². The van der Waals surface area contributed by atoms with E-state index >= 15 is 0 Å². The minimum atomic E-state index is 0.628.